The van der Waals surface area contributed by atoms with Crippen LogP contribution in [0.1, 0.15) is 0 Å². The summed E-state index contributed by atoms with van der Waals surface area (Å²) in [5.74, 6) is 0.270. The highest BCUT2D eigenvalue weighted by Gasteiger charge is 2.06. The van der Waals surface area contributed by atoms with Crippen molar-refractivity contribution < 1.29 is 5.11 Å². The summed E-state index contributed by atoms with van der Waals surface area (Å²) in [6.07, 6.45) is 3.97. The van der Waals surface area contributed by atoms with Gasteiger partial charge in [0, 0.05) is 18.0 Å². The van der Waals surface area contributed by atoms with Crippen molar-refractivity contribution in [1.29, 1.82) is 0 Å². The van der Waals surface area contributed by atoms with Gasteiger partial charge >= 0.3 is 0 Å². The van der Waals surface area contributed by atoms with E-state index in [4.69, 9.17) is 0 Å². The molecule has 3 aromatic rings. The zero-order chi connectivity index (χ0) is 11.8. The number of aromatic nitrogens is 2. The van der Waals surface area contributed by atoms with E-state index in [1.807, 2.05) is 41.1 Å². The molecule has 0 amide bonds. The number of phenolic OH excluding ortho intramolecular Hbond substituents is 1. The van der Waals surface area contributed by atoms with Crippen LogP contribution in [-0.2, 0) is 0 Å². The van der Waals surface area contributed by atoms with Gasteiger partial charge in [0.1, 0.15) is 5.75 Å². The minimum atomic E-state index is 0.270. The lowest BCUT2D eigenvalue weighted by molar-refractivity contribution is 0.475. The monoisotopic (exact) mass is 336 g/mol. The van der Waals surface area contributed by atoms with Gasteiger partial charge in [-0.05, 0) is 59.0 Å². The second-order valence-electron chi connectivity index (χ2n) is 3.76. The van der Waals surface area contributed by atoms with Crippen LogP contribution in [0.2, 0.25) is 0 Å². The van der Waals surface area contributed by atoms with Crippen LogP contribution in [0.5, 0.6) is 5.75 Å². The molecule has 0 atom stereocenters. The van der Waals surface area contributed by atoms with Crippen molar-refractivity contribution in [3.63, 3.8) is 0 Å². The van der Waals surface area contributed by atoms with E-state index in [2.05, 4.69) is 27.6 Å². The molecule has 84 valence electrons. The molecule has 0 unspecified atom stereocenters. The Morgan fingerprint density at radius 3 is 2.59 bits per heavy atom. The Kier molecular flexibility index (Phi) is 2.51. The van der Waals surface area contributed by atoms with Crippen LogP contribution in [0.4, 0.5) is 0 Å². The first-order chi connectivity index (χ1) is 8.24. The Morgan fingerprint density at radius 2 is 1.88 bits per heavy atom. The highest BCUT2D eigenvalue weighted by Crippen LogP contribution is 2.23. The summed E-state index contributed by atoms with van der Waals surface area (Å²) in [6.45, 7) is 0. The van der Waals surface area contributed by atoms with Crippen molar-refractivity contribution in [3.05, 3.63) is 52.4 Å². The van der Waals surface area contributed by atoms with E-state index in [1.165, 1.54) is 0 Å². The lowest BCUT2D eigenvalue weighted by atomic mass is 10.2. The van der Waals surface area contributed by atoms with Gasteiger partial charge in [-0.2, -0.15) is 0 Å². The number of hydrogen-bond donors (Lipinski definition) is 1. The molecule has 2 aromatic heterocycles. The first kappa shape index (κ1) is 10.6. The maximum atomic E-state index is 9.26. The van der Waals surface area contributed by atoms with Gasteiger partial charge in [-0.3, -0.25) is 0 Å². The number of pyridine rings is 1. The topological polar surface area (TPSA) is 37.5 Å². The predicted octanol–water partition coefficient (Wildman–Crippen LogP) is 3.31. The molecule has 0 spiro atoms. The van der Waals surface area contributed by atoms with Gasteiger partial charge in [0.15, 0.2) is 5.65 Å². The molecule has 0 saturated heterocycles. The zero-order valence-corrected chi connectivity index (χ0v) is 11.0. The van der Waals surface area contributed by atoms with E-state index < -0.39 is 0 Å². The number of aromatic hydroxyl groups is 1. The highest BCUT2D eigenvalue weighted by atomic mass is 127. The third kappa shape index (κ3) is 1.88. The summed E-state index contributed by atoms with van der Waals surface area (Å²) in [5.41, 5.74) is 2.87. The van der Waals surface area contributed by atoms with Crippen LogP contribution in [-0.4, -0.2) is 14.5 Å². The number of benzene rings is 1. The molecule has 0 bridgehead atoms. The summed E-state index contributed by atoms with van der Waals surface area (Å²) in [6, 6.07) is 11.1. The summed E-state index contributed by atoms with van der Waals surface area (Å²) in [5, 5.41) is 9.26. The van der Waals surface area contributed by atoms with Crippen LogP contribution in [0.3, 0.4) is 0 Å². The third-order valence-corrected chi connectivity index (χ3v) is 3.44. The quantitative estimate of drug-likeness (QED) is 0.693. The number of phenols is 1. The molecule has 2 heterocycles. The van der Waals surface area contributed by atoms with Crippen molar-refractivity contribution in [2.75, 3.05) is 0 Å². The van der Waals surface area contributed by atoms with Gasteiger partial charge in [0.2, 0.25) is 0 Å². The second-order valence-corrected chi connectivity index (χ2v) is 4.92. The second kappa shape index (κ2) is 4.03. The van der Waals surface area contributed by atoms with Crippen LogP contribution in [0, 0.1) is 3.57 Å². The number of rotatable bonds is 1. The first-order valence-corrected chi connectivity index (χ1v) is 6.24. The van der Waals surface area contributed by atoms with Crippen molar-refractivity contribution in [2.45, 2.75) is 0 Å². The Labute approximate surface area is 112 Å². The number of fused-ring (bicyclic) bond motifs is 1. The first-order valence-electron chi connectivity index (χ1n) is 5.17. The zero-order valence-electron chi connectivity index (χ0n) is 8.84. The molecule has 1 aromatic carbocycles. The lowest BCUT2D eigenvalue weighted by Gasteiger charge is -1.95. The molecule has 0 aliphatic carbocycles. The molecule has 17 heavy (non-hydrogen) atoms. The fraction of sp³-hybridized carbons (Fsp3) is 0. The third-order valence-electron chi connectivity index (χ3n) is 2.60. The maximum Gasteiger partial charge on any atom is 0.150 e. The summed E-state index contributed by atoms with van der Waals surface area (Å²) >= 11 is 2.27. The molecule has 0 aliphatic rings. The number of imidazole rings is 1. The Bertz CT molecular complexity index is 673. The van der Waals surface area contributed by atoms with E-state index in [0.29, 0.717) is 0 Å². The Morgan fingerprint density at radius 1 is 1.12 bits per heavy atom. The van der Waals surface area contributed by atoms with Crippen molar-refractivity contribution >= 4 is 28.2 Å². The van der Waals surface area contributed by atoms with Crippen LogP contribution in [0.15, 0.2) is 48.8 Å². The minimum Gasteiger partial charge on any atom is -0.508 e. The number of nitrogens with zero attached hydrogens (tertiary/aromatic N) is 2. The highest BCUT2D eigenvalue weighted by molar-refractivity contribution is 14.1. The van der Waals surface area contributed by atoms with Gasteiger partial charge in [0.25, 0.3) is 0 Å². The SMILES string of the molecule is Oc1ccc(-c2cn3cccc(I)c3n2)cc1. The molecule has 0 aliphatic heterocycles. The van der Waals surface area contributed by atoms with Crippen molar-refractivity contribution in [3.8, 4) is 17.0 Å². The van der Waals surface area contributed by atoms with E-state index in [1.54, 1.807) is 12.1 Å². The smallest absolute Gasteiger partial charge is 0.150 e. The molecular formula is C13H9IN2O. The fourth-order valence-electron chi connectivity index (χ4n) is 1.75. The number of halogens is 1. The average Bonchev–Trinajstić information content (AvgIpc) is 2.75. The summed E-state index contributed by atoms with van der Waals surface area (Å²) < 4.78 is 3.12. The van der Waals surface area contributed by atoms with Crippen LogP contribution < -0.4 is 0 Å². The van der Waals surface area contributed by atoms with Gasteiger partial charge in [0.05, 0.1) is 9.26 Å². The molecule has 1 N–H and O–H groups in total. The summed E-state index contributed by atoms with van der Waals surface area (Å²) in [4.78, 5) is 4.59. The van der Waals surface area contributed by atoms with E-state index >= 15 is 0 Å². The van der Waals surface area contributed by atoms with Gasteiger partial charge in [-0.25, -0.2) is 4.98 Å². The molecule has 0 fully saturated rings. The maximum absolute atomic E-state index is 9.26. The Balaban J connectivity index is 2.18. The number of hydrogen-bond acceptors (Lipinski definition) is 2. The molecule has 4 heteroatoms. The largest absolute Gasteiger partial charge is 0.508 e. The minimum absolute atomic E-state index is 0.270. The van der Waals surface area contributed by atoms with E-state index in [-0.39, 0.29) is 5.75 Å². The molecule has 3 rings (SSSR count). The van der Waals surface area contributed by atoms with Crippen LogP contribution >= 0.6 is 22.6 Å². The van der Waals surface area contributed by atoms with Gasteiger partial charge in [-0.15, -0.1) is 0 Å². The fourth-order valence-corrected chi connectivity index (χ4v) is 2.36. The molecule has 0 saturated carbocycles. The Hall–Kier alpha value is -1.56. The molecule has 3 nitrogen and oxygen atoms in total. The van der Waals surface area contributed by atoms with E-state index in [0.717, 1.165) is 20.5 Å². The molecule has 0 radical (unpaired) electrons. The van der Waals surface area contributed by atoms with Gasteiger partial charge in [-0.1, -0.05) is 0 Å². The van der Waals surface area contributed by atoms with Crippen molar-refractivity contribution in [2.24, 2.45) is 0 Å². The standard InChI is InChI=1S/C13H9IN2O/c14-11-2-1-7-16-8-12(15-13(11)16)9-3-5-10(17)6-4-9/h1-8,17H. The van der Waals surface area contributed by atoms with Crippen molar-refractivity contribution in [1.82, 2.24) is 9.38 Å². The molecular weight excluding hydrogens is 327 g/mol. The predicted molar refractivity (Wildman–Crippen MR) is 75.0 cm³/mol. The summed E-state index contributed by atoms with van der Waals surface area (Å²) in [7, 11) is 0. The lowest BCUT2D eigenvalue weighted by Crippen LogP contribution is -1.83. The van der Waals surface area contributed by atoms with Crippen LogP contribution in [0.25, 0.3) is 16.9 Å². The average molecular weight is 336 g/mol. The van der Waals surface area contributed by atoms with E-state index in [9.17, 15) is 5.11 Å². The normalized spacial score (nSPS) is 10.9. The van der Waals surface area contributed by atoms with Gasteiger partial charge < -0.3 is 9.51 Å².